The summed E-state index contributed by atoms with van der Waals surface area (Å²) in [6.07, 6.45) is -7.48. The van der Waals surface area contributed by atoms with Crippen LogP contribution in [0.3, 0.4) is 0 Å². The second-order valence-corrected chi connectivity index (χ2v) is 4.91. The average molecular weight is 309 g/mol. The lowest BCUT2D eigenvalue weighted by atomic mass is 9.88. The molecule has 1 aliphatic rings. The molecule has 1 saturated heterocycles. The van der Waals surface area contributed by atoms with Gasteiger partial charge in [0.1, 0.15) is 18.3 Å². The number of aliphatic hydroxyl groups is 5. The Labute approximate surface area is 119 Å². The Morgan fingerprint density at radius 1 is 1.43 bits per heavy atom. The van der Waals surface area contributed by atoms with Crippen molar-refractivity contribution < 1.29 is 45.0 Å². The fraction of sp³-hybridized carbons (Fsp3) is 0.818. The summed E-state index contributed by atoms with van der Waals surface area (Å²) < 4.78 is 4.86. The van der Waals surface area contributed by atoms with Gasteiger partial charge in [0, 0.05) is 13.3 Å². The Morgan fingerprint density at radius 3 is 2.43 bits per heavy atom. The maximum Gasteiger partial charge on any atom is 0.364 e. The van der Waals surface area contributed by atoms with Gasteiger partial charge < -0.3 is 40.7 Å². The molecule has 1 heterocycles. The SMILES string of the molecule is CC(=O)N[C@@H]1C(O)C[C@](O)(C(=O)O)OC1[C@@H](O)[C@@H](O)CO. The Kier molecular flexibility index (Phi) is 5.61. The van der Waals surface area contributed by atoms with Crippen molar-refractivity contribution in [1.82, 2.24) is 5.32 Å². The van der Waals surface area contributed by atoms with Crippen molar-refractivity contribution in [3.05, 3.63) is 0 Å². The molecule has 0 aromatic rings. The van der Waals surface area contributed by atoms with Gasteiger partial charge in [-0.25, -0.2) is 4.79 Å². The van der Waals surface area contributed by atoms with Crippen LogP contribution >= 0.6 is 0 Å². The molecule has 6 atom stereocenters. The highest BCUT2D eigenvalue weighted by Gasteiger charge is 2.53. The van der Waals surface area contributed by atoms with E-state index in [2.05, 4.69) is 5.32 Å². The Hall–Kier alpha value is -1.30. The van der Waals surface area contributed by atoms with Crippen LogP contribution in [-0.4, -0.2) is 85.4 Å². The largest absolute Gasteiger partial charge is 0.477 e. The number of carbonyl (C=O) groups is 2. The van der Waals surface area contributed by atoms with Crippen LogP contribution in [0.2, 0.25) is 0 Å². The molecule has 1 amide bonds. The quantitative estimate of drug-likeness (QED) is 0.268. The van der Waals surface area contributed by atoms with Gasteiger partial charge in [-0.1, -0.05) is 0 Å². The van der Waals surface area contributed by atoms with Crippen molar-refractivity contribution in [2.24, 2.45) is 0 Å². The van der Waals surface area contributed by atoms with Gasteiger partial charge in [0.05, 0.1) is 18.8 Å². The molecular weight excluding hydrogens is 290 g/mol. The lowest BCUT2D eigenvalue weighted by molar-refractivity contribution is -0.295. The van der Waals surface area contributed by atoms with E-state index < -0.39 is 61.1 Å². The van der Waals surface area contributed by atoms with Crippen LogP contribution in [0.5, 0.6) is 0 Å². The highest BCUT2D eigenvalue weighted by molar-refractivity contribution is 5.76. The summed E-state index contributed by atoms with van der Waals surface area (Å²) in [6.45, 7) is 0.256. The van der Waals surface area contributed by atoms with E-state index in [-0.39, 0.29) is 0 Å². The molecule has 1 fully saturated rings. The van der Waals surface area contributed by atoms with Crippen LogP contribution < -0.4 is 5.32 Å². The zero-order valence-electron chi connectivity index (χ0n) is 11.2. The first-order chi connectivity index (χ1) is 9.62. The first-order valence-electron chi connectivity index (χ1n) is 6.18. The van der Waals surface area contributed by atoms with Gasteiger partial charge in [-0.3, -0.25) is 4.79 Å². The average Bonchev–Trinajstić information content (AvgIpc) is 2.39. The molecule has 7 N–H and O–H groups in total. The van der Waals surface area contributed by atoms with E-state index in [1.54, 1.807) is 0 Å². The zero-order chi connectivity index (χ0) is 16.4. The van der Waals surface area contributed by atoms with Gasteiger partial charge in [0.25, 0.3) is 5.79 Å². The Bertz CT molecular complexity index is 403. The number of carboxylic acid groups (broad SMARTS) is 1. The minimum atomic E-state index is -2.78. The van der Waals surface area contributed by atoms with Gasteiger partial charge in [0.15, 0.2) is 0 Å². The number of amides is 1. The molecule has 1 aliphatic heterocycles. The van der Waals surface area contributed by atoms with Crippen LogP contribution in [0.1, 0.15) is 13.3 Å². The first-order valence-corrected chi connectivity index (χ1v) is 6.18. The highest BCUT2D eigenvalue weighted by Crippen LogP contribution is 2.30. The number of hydrogen-bond acceptors (Lipinski definition) is 8. The van der Waals surface area contributed by atoms with Crippen LogP contribution in [-0.2, 0) is 14.3 Å². The molecule has 122 valence electrons. The smallest absolute Gasteiger partial charge is 0.364 e. The Balaban J connectivity index is 3.07. The van der Waals surface area contributed by atoms with Crippen molar-refractivity contribution in [3.63, 3.8) is 0 Å². The number of aliphatic hydroxyl groups excluding tert-OH is 4. The fourth-order valence-corrected chi connectivity index (χ4v) is 2.14. The van der Waals surface area contributed by atoms with E-state index in [1.165, 1.54) is 0 Å². The minimum absolute atomic E-state index is 0.598. The maximum absolute atomic E-state index is 11.1. The van der Waals surface area contributed by atoms with Crippen molar-refractivity contribution in [1.29, 1.82) is 0 Å². The molecule has 1 rings (SSSR count). The number of carbonyl (C=O) groups excluding carboxylic acids is 1. The van der Waals surface area contributed by atoms with E-state index in [1.807, 2.05) is 0 Å². The topological polar surface area (TPSA) is 177 Å². The number of nitrogens with one attached hydrogen (secondary N) is 1. The maximum atomic E-state index is 11.1. The normalized spacial score (nSPS) is 35.8. The molecule has 0 bridgehead atoms. The van der Waals surface area contributed by atoms with Crippen molar-refractivity contribution in [2.45, 2.75) is 49.6 Å². The second kappa shape index (κ2) is 6.64. The molecule has 0 aromatic carbocycles. The predicted octanol–water partition coefficient (Wildman–Crippen LogP) is -3.87. The molecule has 0 radical (unpaired) electrons. The molecule has 0 saturated carbocycles. The van der Waals surface area contributed by atoms with E-state index in [0.29, 0.717) is 0 Å². The highest BCUT2D eigenvalue weighted by atomic mass is 16.7. The van der Waals surface area contributed by atoms with Gasteiger partial charge >= 0.3 is 5.97 Å². The zero-order valence-corrected chi connectivity index (χ0v) is 11.2. The van der Waals surface area contributed by atoms with Gasteiger partial charge in [-0.05, 0) is 0 Å². The van der Waals surface area contributed by atoms with Crippen molar-refractivity contribution in [2.75, 3.05) is 6.61 Å². The summed E-state index contributed by atoms with van der Waals surface area (Å²) in [6, 6.07) is -1.27. The number of ether oxygens (including phenoxy) is 1. The van der Waals surface area contributed by atoms with Crippen LogP contribution in [0, 0.1) is 0 Å². The number of carboxylic acids is 1. The molecule has 2 unspecified atom stereocenters. The molecule has 10 nitrogen and oxygen atoms in total. The number of rotatable bonds is 5. The molecule has 0 spiro atoms. The summed E-state index contributed by atoms with van der Waals surface area (Å²) in [7, 11) is 0. The van der Waals surface area contributed by atoms with E-state index in [4.69, 9.17) is 14.9 Å². The molecular formula is C11H19NO9. The van der Waals surface area contributed by atoms with Gasteiger partial charge in [0.2, 0.25) is 5.91 Å². The summed E-state index contributed by atoms with van der Waals surface area (Å²) in [5.74, 6) is -5.17. The van der Waals surface area contributed by atoms with Crippen molar-refractivity contribution in [3.8, 4) is 0 Å². The molecule has 10 heteroatoms. The summed E-state index contributed by atoms with van der Waals surface area (Å²) >= 11 is 0. The lowest BCUT2D eigenvalue weighted by Gasteiger charge is -2.44. The second-order valence-electron chi connectivity index (χ2n) is 4.91. The third-order valence-corrected chi connectivity index (χ3v) is 3.21. The van der Waals surface area contributed by atoms with Crippen LogP contribution in [0.4, 0.5) is 0 Å². The third-order valence-electron chi connectivity index (χ3n) is 3.21. The van der Waals surface area contributed by atoms with Gasteiger partial charge in [-0.2, -0.15) is 0 Å². The van der Waals surface area contributed by atoms with Crippen LogP contribution in [0.25, 0.3) is 0 Å². The number of aliphatic carboxylic acids is 1. The van der Waals surface area contributed by atoms with Crippen LogP contribution in [0.15, 0.2) is 0 Å². The summed E-state index contributed by atoms with van der Waals surface area (Å²) in [4.78, 5) is 22.1. The Morgan fingerprint density at radius 2 is 2.00 bits per heavy atom. The van der Waals surface area contributed by atoms with Crippen molar-refractivity contribution >= 4 is 11.9 Å². The van der Waals surface area contributed by atoms with Gasteiger partial charge in [-0.15, -0.1) is 0 Å². The van der Waals surface area contributed by atoms with E-state index in [0.717, 1.165) is 6.92 Å². The summed E-state index contributed by atoms with van der Waals surface area (Å²) in [5, 5.41) is 59.0. The van der Waals surface area contributed by atoms with E-state index in [9.17, 15) is 30.0 Å². The predicted molar refractivity (Wildman–Crippen MR) is 64.8 cm³/mol. The fourth-order valence-electron chi connectivity index (χ4n) is 2.14. The molecule has 21 heavy (non-hydrogen) atoms. The van der Waals surface area contributed by atoms with E-state index >= 15 is 0 Å². The molecule has 0 aliphatic carbocycles. The summed E-state index contributed by atoms with van der Waals surface area (Å²) in [5.41, 5.74) is 0. The minimum Gasteiger partial charge on any atom is -0.477 e. The molecule has 0 aromatic heterocycles. The first kappa shape index (κ1) is 17.8. The monoisotopic (exact) mass is 309 g/mol. The standard InChI is InChI=1S/C11H19NO9/c1-4(14)12-7-5(15)2-11(20,10(18)19)21-9(7)8(17)6(16)3-13/h5-9,13,15-17,20H,2-3H2,1H3,(H,12,14)(H,18,19)/t5?,6-,7+,8-,9?,11+/m0/s1. The third kappa shape index (κ3) is 3.87. The number of hydrogen-bond donors (Lipinski definition) is 7. The lowest BCUT2D eigenvalue weighted by Crippen LogP contribution is -2.67.